The Morgan fingerprint density at radius 1 is 1.06 bits per heavy atom. The van der Waals surface area contributed by atoms with Gasteiger partial charge in [-0.15, -0.1) is 10.2 Å². The number of alkyl halides is 3. The third kappa shape index (κ3) is 5.36. The van der Waals surface area contributed by atoms with Crippen LogP contribution in [-0.2, 0) is 16.0 Å². The van der Waals surface area contributed by atoms with Crippen LogP contribution >= 0.6 is 0 Å². The monoisotopic (exact) mass is 505 g/mol. The number of carbonyl (C=O) groups excluding carboxylic acids is 1. The van der Waals surface area contributed by atoms with E-state index in [0.717, 1.165) is 4.57 Å². The number of methoxy groups -OCH3 is 1. The van der Waals surface area contributed by atoms with Gasteiger partial charge < -0.3 is 19.3 Å². The quantitative estimate of drug-likeness (QED) is 0.496. The molecule has 0 spiro atoms. The van der Waals surface area contributed by atoms with Gasteiger partial charge in [-0.3, -0.25) is 4.57 Å². The highest BCUT2D eigenvalue weighted by Gasteiger charge is 2.46. The fourth-order valence-corrected chi connectivity index (χ4v) is 4.23. The number of hydrogen-bond donors (Lipinski definition) is 1. The van der Waals surface area contributed by atoms with Crippen LogP contribution in [0.4, 0.5) is 13.2 Å². The molecule has 192 valence electrons. The molecular formula is C25H26F3N3O5. The zero-order chi connectivity index (χ0) is 26.0. The summed E-state index contributed by atoms with van der Waals surface area (Å²) in [5, 5.41) is 18.7. The van der Waals surface area contributed by atoms with Gasteiger partial charge in [0.15, 0.2) is 24.0 Å². The maximum Gasteiger partial charge on any atom is 0.406 e. The number of esters is 1. The number of aromatic nitrogens is 3. The highest BCUT2D eigenvalue weighted by molar-refractivity contribution is 5.89. The Kier molecular flexibility index (Phi) is 7.32. The van der Waals surface area contributed by atoms with Gasteiger partial charge in [0.05, 0.1) is 12.7 Å². The standard InChI is InChI=1S/C25H26F3N3O5/c1-14-15(2)20(36-23(32)17-7-5-4-6-8-17)24(33)35-19(14)22-30-29-21(31(22)13-25(26,27)28)16-9-11-18(34-3)12-10-16/h4-12,14-15,19-20,24,33H,13H2,1-3H3/t14-,15+,19?,20?,24?/m1/s1. The molecule has 0 radical (unpaired) electrons. The van der Waals surface area contributed by atoms with Crippen LogP contribution in [0.15, 0.2) is 54.6 Å². The molecule has 11 heteroatoms. The predicted molar refractivity (Wildman–Crippen MR) is 122 cm³/mol. The molecule has 4 rings (SSSR count). The van der Waals surface area contributed by atoms with Crippen molar-refractivity contribution in [3.8, 4) is 17.1 Å². The molecule has 2 aromatic carbocycles. The summed E-state index contributed by atoms with van der Waals surface area (Å²) in [6.07, 6.45) is -8.18. The van der Waals surface area contributed by atoms with E-state index >= 15 is 0 Å². The molecule has 3 unspecified atom stereocenters. The van der Waals surface area contributed by atoms with Crippen molar-refractivity contribution in [2.75, 3.05) is 7.11 Å². The van der Waals surface area contributed by atoms with Crippen LogP contribution in [-0.4, -0.2) is 51.5 Å². The van der Waals surface area contributed by atoms with Crippen molar-refractivity contribution in [1.29, 1.82) is 0 Å². The summed E-state index contributed by atoms with van der Waals surface area (Å²) in [6, 6.07) is 14.7. The molecule has 1 aliphatic heterocycles. The number of halogens is 3. The maximum absolute atomic E-state index is 13.6. The van der Waals surface area contributed by atoms with E-state index in [0.29, 0.717) is 16.9 Å². The van der Waals surface area contributed by atoms with Gasteiger partial charge in [-0.05, 0) is 42.3 Å². The molecule has 8 nitrogen and oxygen atoms in total. The number of aliphatic hydroxyl groups is 1. The van der Waals surface area contributed by atoms with Crippen molar-refractivity contribution < 1.29 is 37.3 Å². The Morgan fingerprint density at radius 3 is 2.33 bits per heavy atom. The molecule has 1 N–H and O–H groups in total. The number of rotatable bonds is 6. The number of aliphatic hydroxyl groups excluding tert-OH is 1. The van der Waals surface area contributed by atoms with Gasteiger partial charge >= 0.3 is 12.1 Å². The fraction of sp³-hybridized carbons (Fsp3) is 0.400. The van der Waals surface area contributed by atoms with Crippen molar-refractivity contribution in [3.63, 3.8) is 0 Å². The maximum atomic E-state index is 13.6. The molecule has 0 amide bonds. The van der Waals surface area contributed by atoms with E-state index in [4.69, 9.17) is 14.2 Å². The third-order valence-electron chi connectivity index (χ3n) is 6.36. The molecule has 2 heterocycles. The zero-order valence-corrected chi connectivity index (χ0v) is 19.8. The Balaban J connectivity index is 1.62. The third-order valence-corrected chi connectivity index (χ3v) is 6.36. The number of carbonyl (C=O) groups is 1. The number of benzene rings is 2. The van der Waals surface area contributed by atoms with E-state index in [-0.39, 0.29) is 11.6 Å². The van der Waals surface area contributed by atoms with Crippen LogP contribution in [0, 0.1) is 11.8 Å². The summed E-state index contributed by atoms with van der Waals surface area (Å²) in [5.74, 6) is -1.11. The Morgan fingerprint density at radius 2 is 1.72 bits per heavy atom. The van der Waals surface area contributed by atoms with Crippen LogP contribution < -0.4 is 4.74 Å². The fourth-order valence-electron chi connectivity index (χ4n) is 4.23. The van der Waals surface area contributed by atoms with Crippen LogP contribution in [0.5, 0.6) is 5.75 Å². The molecule has 0 aliphatic carbocycles. The first-order valence-corrected chi connectivity index (χ1v) is 11.3. The van der Waals surface area contributed by atoms with Gasteiger partial charge in [-0.1, -0.05) is 32.0 Å². The summed E-state index contributed by atoms with van der Waals surface area (Å²) in [4.78, 5) is 12.5. The second kappa shape index (κ2) is 10.3. The molecule has 1 saturated heterocycles. The first kappa shape index (κ1) is 25.6. The highest BCUT2D eigenvalue weighted by Crippen LogP contribution is 2.41. The van der Waals surface area contributed by atoms with Crippen molar-refractivity contribution in [2.24, 2.45) is 11.8 Å². The first-order chi connectivity index (χ1) is 17.1. The molecule has 0 bridgehead atoms. The number of ether oxygens (including phenoxy) is 3. The number of hydrogen-bond acceptors (Lipinski definition) is 7. The van der Waals surface area contributed by atoms with Crippen molar-refractivity contribution in [1.82, 2.24) is 14.8 Å². The molecule has 5 atom stereocenters. The lowest BCUT2D eigenvalue weighted by Gasteiger charge is -2.41. The van der Waals surface area contributed by atoms with E-state index in [1.807, 2.05) is 0 Å². The van der Waals surface area contributed by atoms with E-state index in [1.54, 1.807) is 68.4 Å². The van der Waals surface area contributed by atoms with Crippen LogP contribution in [0.25, 0.3) is 11.4 Å². The lowest BCUT2D eigenvalue weighted by Crippen LogP contribution is -2.48. The Bertz CT molecular complexity index is 1180. The molecule has 0 saturated carbocycles. The van der Waals surface area contributed by atoms with E-state index < -0.39 is 49.0 Å². The van der Waals surface area contributed by atoms with Crippen LogP contribution in [0.2, 0.25) is 0 Å². The van der Waals surface area contributed by atoms with Crippen molar-refractivity contribution in [3.05, 3.63) is 66.0 Å². The largest absolute Gasteiger partial charge is 0.497 e. The van der Waals surface area contributed by atoms with Gasteiger partial charge in [0, 0.05) is 11.5 Å². The molecule has 36 heavy (non-hydrogen) atoms. The summed E-state index contributed by atoms with van der Waals surface area (Å²) >= 11 is 0. The van der Waals surface area contributed by atoms with Crippen LogP contribution in [0.3, 0.4) is 0 Å². The first-order valence-electron chi connectivity index (χ1n) is 11.3. The predicted octanol–water partition coefficient (Wildman–Crippen LogP) is 4.40. The summed E-state index contributed by atoms with van der Waals surface area (Å²) < 4.78 is 57.9. The van der Waals surface area contributed by atoms with Gasteiger partial charge in [0.25, 0.3) is 0 Å². The average molecular weight is 505 g/mol. The highest BCUT2D eigenvalue weighted by atomic mass is 19.4. The number of nitrogens with zero attached hydrogens (tertiary/aromatic N) is 3. The molecule has 3 aromatic rings. The smallest absolute Gasteiger partial charge is 0.406 e. The van der Waals surface area contributed by atoms with E-state index in [9.17, 15) is 23.1 Å². The Labute approximate surface area is 205 Å². The topological polar surface area (TPSA) is 95.7 Å². The van der Waals surface area contributed by atoms with Crippen molar-refractivity contribution in [2.45, 2.75) is 45.1 Å². The van der Waals surface area contributed by atoms with Gasteiger partial charge in [0.1, 0.15) is 18.4 Å². The van der Waals surface area contributed by atoms with Gasteiger partial charge in [-0.25, -0.2) is 4.79 Å². The van der Waals surface area contributed by atoms with Crippen molar-refractivity contribution >= 4 is 5.97 Å². The minimum atomic E-state index is -4.56. The second-order valence-corrected chi connectivity index (χ2v) is 8.71. The minimum Gasteiger partial charge on any atom is -0.497 e. The minimum absolute atomic E-state index is 0.000509. The van der Waals surface area contributed by atoms with E-state index in [2.05, 4.69) is 10.2 Å². The zero-order valence-electron chi connectivity index (χ0n) is 19.8. The summed E-state index contributed by atoms with van der Waals surface area (Å²) in [5.41, 5.74) is 0.714. The van der Waals surface area contributed by atoms with Gasteiger partial charge in [0.2, 0.25) is 0 Å². The van der Waals surface area contributed by atoms with Gasteiger partial charge in [-0.2, -0.15) is 13.2 Å². The molecular weight excluding hydrogens is 479 g/mol. The molecule has 1 aliphatic rings. The average Bonchev–Trinajstić information content (AvgIpc) is 3.26. The molecule has 1 aromatic heterocycles. The summed E-state index contributed by atoms with van der Waals surface area (Å²) in [7, 11) is 1.48. The SMILES string of the molecule is COc1ccc(-c2nnc(C3OC(O)C(OC(=O)c4ccccc4)[C@@H](C)[C@H]3C)n2CC(F)(F)F)cc1. The normalized spacial score (nSPS) is 24.4. The lowest BCUT2D eigenvalue weighted by molar-refractivity contribution is -0.254. The second-order valence-electron chi connectivity index (χ2n) is 8.71. The summed E-state index contributed by atoms with van der Waals surface area (Å²) in [6.45, 7) is 2.13. The Hall–Kier alpha value is -3.44. The lowest BCUT2D eigenvalue weighted by atomic mass is 9.83. The molecule has 1 fully saturated rings. The van der Waals surface area contributed by atoms with E-state index in [1.165, 1.54) is 7.11 Å². The van der Waals surface area contributed by atoms with Crippen LogP contribution in [0.1, 0.15) is 36.1 Å².